The highest BCUT2D eigenvalue weighted by molar-refractivity contribution is 5.46. The minimum Gasteiger partial charge on any atom is -0.493 e. The predicted octanol–water partition coefficient (Wildman–Crippen LogP) is 2.09. The van der Waals surface area contributed by atoms with E-state index in [9.17, 15) is 13.2 Å². The third kappa shape index (κ3) is 3.02. The Morgan fingerprint density at radius 1 is 1.33 bits per heavy atom. The normalized spacial score (nSPS) is 11.3. The Morgan fingerprint density at radius 2 is 2.00 bits per heavy atom. The van der Waals surface area contributed by atoms with Crippen molar-refractivity contribution in [1.82, 2.24) is 0 Å². The van der Waals surface area contributed by atoms with Crippen molar-refractivity contribution in [2.24, 2.45) is 0 Å². The van der Waals surface area contributed by atoms with Crippen LogP contribution in [0, 0.1) is 0 Å². The molecule has 84 valence electrons. The summed E-state index contributed by atoms with van der Waals surface area (Å²) in [5.41, 5.74) is 0.0201. The zero-order chi connectivity index (χ0) is 11.5. The molecule has 1 N–H and O–H groups in total. The molecule has 0 radical (unpaired) electrons. The minimum absolute atomic E-state index is 0.0201. The maximum absolute atomic E-state index is 12.0. The van der Waals surface area contributed by atoms with Crippen molar-refractivity contribution in [3.63, 3.8) is 0 Å². The summed E-state index contributed by atoms with van der Waals surface area (Å²) in [6, 6.07) is 4.11. The molecule has 0 aromatic heterocycles. The van der Waals surface area contributed by atoms with E-state index >= 15 is 0 Å². The van der Waals surface area contributed by atoms with Gasteiger partial charge in [-0.15, -0.1) is 13.2 Å². The molecule has 3 nitrogen and oxygen atoms in total. The van der Waals surface area contributed by atoms with E-state index in [0.29, 0.717) is 0 Å². The van der Waals surface area contributed by atoms with Gasteiger partial charge in [-0.05, 0) is 6.07 Å². The highest BCUT2D eigenvalue weighted by Crippen LogP contribution is 2.35. The molecule has 0 bridgehead atoms. The Kier molecular flexibility index (Phi) is 3.41. The number of halogens is 3. The van der Waals surface area contributed by atoms with E-state index in [4.69, 9.17) is 9.84 Å². The number of benzene rings is 1. The molecule has 1 aromatic rings. The number of rotatable bonds is 3. The first-order valence-electron chi connectivity index (χ1n) is 4.00. The van der Waals surface area contributed by atoms with Gasteiger partial charge in [-0.2, -0.15) is 0 Å². The largest absolute Gasteiger partial charge is 0.573 e. The maximum atomic E-state index is 12.0. The molecule has 6 heteroatoms. The van der Waals surface area contributed by atoms with Gasteiger partial charge in [0.2, 0.25) is 0 Å². The van der Waals surface area contributed by atoms with Crippen LogP contribution in [0.4, 0.5) is 13.2 Å². The van der Waals surface area contributed by atoms with Gasteiger partial charge < -0.3 is 14.6 Å². The lowest BCUT2D eigenvalue weighted by molar-refractivity contribution is -0.275. The summed E-state index contributed by atoms with van der Waals surface area (Å²) in [6.07, 6.45) is -4.81. The fraction of sp³-hybridized carbons (Fsp3) is 0.333. The van der Waals surface area contributed by atoms with E-state index in [0.717, 1.165) is 0 Å². The molecule has 0 fully saturated rings. The predicted molar refractivity (Wildman–Crippen MR) is 45.6 cm³/mol. The van der Waals surface area contributed by atoms with Crippen LogP contribution in [-0.2, 0) is 6.61 Å². The first-order valence-corrected chi connectivity index (χ1v) is 4.00. The minimum atomic E-state index is -4.81. The highest BCUT2D eigenvalue weighted by Gasteiger charge is 2.33. The Morgan fingerprint density at radius 3 is 2.47 bits per heavy atom. The number of methoxy groups -OCH3 is 1. The molecule has 0 aliphatic rings. The van der Waals surface area contributed by atoms with Crippen LogP contribution in [0.3, 0.4) is 0 Å². The Bertz CT molecular complexity index is 314. The van der Waals surface area contributed by atoms with Gasteiger partial charge >= 0.3 is 6.36 Å². The topological polar surface area (TPSA) is 38.7 Å². The SMILES string of the molecule is COc1cccc(CO)c1OC(F)(F)F. The van der Waals surface area contributed by atoms with Crippen molar-refractivity contribution in [2.45, 2.75) is 13.0 Å². The molecular formula is C9H9F3O3. The summed E-state index contributed by atoms with van der Waals surface area (Å²) in [5.74, 6) is -0.575. The van der Waals surface area contributed by atoms with Crippen molar-refractivity contribution >= 4 is 0 Å². The second kappa shape index (κ2) is 4.39. The highest BCUT2D eigenvalue weighted by atomic mass is 19.4. The van der Waals surface area contributed by atoms with E-state index in [1.54, 1.807) is 0 Å². The smallest absolute Gasteiger partial charge is 0.493 e. The second-order valence-corrected chi connectivity index (χ2v) is 2.65. The summed E-state index contributed by atoms with van der Waals surface area (Å²) in [5, 5.41) is 8.83. The van der Waals surface area contributed by atoms with Gasteiger partial charge in [-0.1, -0.05) is 12.1 Å². The lowest BCUT2D eigenvalue weighted by Gasteiger charge is -2.15. The quantitative estimate of drug-likeness (QED) is 0.850. The van der Waals surface area contributed by atoms with Crippen molar-refractivity contribution in [1.29, 1.82) is 0 Å². The zero-order valence-corrected chi connectivity index (χ0v) is 7.84. The van der Waals surface area contributed by atoms with Gasteiger partial charge in [0.05, 0.1) is 13.7 Å². The Labute approximate surface area is 84.0 Å². The molecule has 0 heterocycles. The fourth-order valence-electron chi connectivity index (χ4n) is 1.08. The van der Waals surface area contributed by atoms with Gasteiger partial charge in [-0.3, -0.25) is 0 Å². The number of hydrogen-bond acceptors (Lipinski definition) is 3. The molecule has 0 spiro atoms. The van der Waals surface area contributed by atoms with Crippen LogP contribution >= 0.6 is 0 Å². The van der Waals surface area contributed by atoms with Crippen LogP contribution in [0.2, 0.25) is 0 Å². The average molecular weight is 222 g/mol. The summed E-state index contributed by atoms with van der Waals surface area (Å²) in [6.45, 7) is -0.553. The third-order valence-corrected chi connectivity index (χ3v) is 1.67. The Balaban J connectivity index is 3.11. The van der Waals surface area contributed by atoms with Crippen LogP contribution in [0.1, 0.15) is 5.56 Å². The number of hydrogen-bond donors (Lipinski definition) is 1. The number of aliphatic hydroxyl groups excluding tert-OH is 1. The molecule has 1 rings (SSSR count). The van der Waals surface area contributed by atoms with Crippen molar-refractivity contribution in [2.75, 3.05) is 7.11 Å². The van der Waals surface area contributed by atoms with Gasteiger partial charge in [0.25, 0.3) is 0 Å². The van der Waals surface area contributed by atoms with Gasteiger partial charge in [0.15, 0.2) is 11.5 Å². The van der Waals surface area contributed by atoms with Gasteiger partial charge in [0, 0.05) is 5.56 Å². The molecule has 0 atom stereocenters. The van der Waals surface area contributed by atoms with E-state index in [2.05, 4.69) is 4.74 Å². The molecule has 0 saturated heterocycles. The number of alkyl halides is 3. The number of ether oxygens (including phenoxy) is 2. The van der Waals surface area contributed by atoms with E-state index in [1.165, 1.54) is 25.3 Å². The molecule has 0 aliphatic heterocycles. The standard InChI is InChI=1S/C9H9F3O3/c1-14-7-4-2-3-6(5-13)8(7)15-9(10,11)12/h2-4,13H,5H2,1H3. The van der Waals surface area contributed by atoms with Crippen LogP contribution in [-0.4, -0.2) is 18.6 Å². The zero-order valence-electron chi connectivity index (χ0n) is 7.84. The summed E-state index contributed by atoms with van der Waals surface area (Å²) < 4.78 is 44.5. The maximum Gasteiger partial charge on any atom is 0.573 e. The lowest BCUT2D eigenvalue weighted by atomic mass is 10.2. The summed E-state index contributed by atoms with van der Waals surface area (Å²) in [4.78, 5) is 0. The van der Waals surface area contributed by atoms with E-state index < -0.39 is 18.7 Å². The molecule has 1 aromatic carbocycles. The van der Waals surface area contributed by atoms with E-state index in [-0.39, 0.29) is 11.3 Å². The van der Waals surface area contributed by atoms with E-state index in [1.807, 2.05) is 0 Å². The van der Waals surface area contributed by atoms with Crippen molar-refractivity contribution in [3.05, 3.63) is 23.8 Å². The summed E-state index contributed by atoms with van der Waals surface area (Å²) >= 11 is 0. The number of aliphatic hydroxyl groups is 1. The van der Waals surface area contributed by atoms with Crippen LogP contribution in [0.5, 0.6) is 11.5 Å². The van der Waals surface area contributed by atoms with Crippen molar-refractivity contribution in [3.8, 4) is 11.5 Å². The molecule has 0 saturated carbocycles. The van der Waals surface area contributed by atoms with Crippen LogP contribution in [0.15, 0.2) is 18.2 Å². The molecule has 0 unspecified atom stereocenters. The molecule has 0 aliphatic carbocycles. The first-order chi connectivity index (χ1) is 6.98. The lowest BCUT2D eigenvalue weighted by Crippen LogP contribution is -2.18. The van der Waals surface area contributed by atoms with Gasteiger partial charge in [-0.25, -0.2) is 0 Å². The van der Waals surface area contributed by atoms with Crippen LogP contribution in [0.25, 0.3) is 0 Å². The fourth-order valence-corrected chi connectivity index (χ4v) is 1.08. The third-order valence-electron chi connectivity index (χ3n) is 1.67. The molecular weight excluding hydrogens is 213 g/mol. The van der Waals surface area contributed by atoms with Crippen molar-refractivity contribution < 1.29 is 27.8 Å². The summed E-state index contributed by atoms with van der Waals surface area (Å²) in [7, 11) is 1.22. The van der Waals surface area contributed by atoms with Gasteiger partial charge in [0.1, 0.15) is 0 Å². The number of para-hydroxylation sites is 1. The first kappa shape index (κ1) is 11.6. The molecule has 0 amide bonds. The van der Waals surface area contributed by atoms with Crippen LogP contribution < -0.4 is 9.47 Å². The molecule has 15 heavy (non-hydrogen) atoms. The second-order valence-electron chi connectivity index (χ2n) is 2.65. The monoisotopic (exact) mass is 222 g/mol. The Hall–Kier alpha value is -1.43. The average Bonchev–Trinajstić information content (AvgIpc) is 2.16.